The monoisotopic (exact) mass is 525 g/mol. The Hall–Kier alpha value is -3.56. The number of aliphatic hydroxyl groups excluding tert-OH is 1. The molecule has 0 aromatic heterocycles. The van der Waals surface area contributed by atoms with Gasteiger partial charge in [-0.15, -0.1) is 0 Å². The molecule has 2 atom stereocenters. The second kappa shape index (κ2) is 14.4. The lowest BCUT2D eigenvalue weighted by Crippen LogP contribution is -2.43. The third-order valence-electron chi connectivity index (χ3n) is 6.84. The van der Waals surface area contributed by atoms with Gasteiger partial charge in [0.2, 0.25) is 11.7 Å². The highest BCUT2D eigenvalue weighted by Crippen LogP contribution is 2.38. The second-order valence-electron chi connectivity index (χ2n) is 9.54. The number of hydrogen-bond donors (Lipinski definition) is 4. The zero-order valence-electron chi connectivity index (χ0n) is 22.4. The predicted octanol–water partition coefficient (Wildman–Crippen LogP) is 4.35. The fourth-order valence-corrected chi connectivity index (χ4v) is 4.66. The molecule has 9 nitrogen and oxygen atoms in total. The van der Waals surface area contributed by atoms with E-state index in [0.29, 0.717) is 46.5 Å². The molecule has 1 saturated carbocycles. The summed E-state index contributed by atoms with van der Waals surface area (Å²) < 4.78 is 16.0. The van der Waals surface area contributed by atoms with Gasteiger partial charge in [-0.05, 0) is 66.8 Å². The summed E-state index contributed by atoms with van der Waals surface area (Å²) in [6.07, 6.45) is 9.51. The summed E-state index contributed by atoms with van der Waals surface area (Å²) in [6.45, 7) is 0. The Morgan fingerprint density at radius 3 is 2.11 bits per heavy atom. The number of carbonyl (C=O) groups is 2. The number of nitrogens with one attached hydrogen (secondary N) is 2. The van der Waals surface area contributed by atoms with Crippen molar-refractivity contribution >= 4 is 29.3 Å². The molecule has 206 valence electrons. The summed E-state index contributed by atoms with van der Waals surface area (Å²) in [4.78, 5) is 24.9. The van der Waals surface area contributed by atoms with E-state index in [2.05, 4.69) is 10.6 Å². The van der Waals surface area contributed by atoms with Crippen molar-refractivity contribution in [1.82, 2.24) is 0 Å². The van der Waals surface area contributed by atoms with Gasteiger partial charge in [-0.25, -0.2) is 0 Å². The standard InChI is InChI=1S/C29H39N3O6/c1-36-24-17-20(18-25(37-2)28(24)38-3)10-16-26(33)31-21-11-13-22(14-12-21)32-29(35)27(34)23(30)15-9-19-7-5-4-6-8-19/h10-14,16-19,23,27,34H,4-9,15,30H2,1-3H3,(H,31,33)(H,32,35)/b16-10+/t23-,27+/m1/s1. The molecule has 0 unspecified atom stereocenters. The van der Waals surface area contributed by atoms with Crippen LogP contribution in [0.5, 0.6) is 17.2 Å². The average Bonchev–Trinajstić information content (AvgIpc) is 2.95. The topological polar surface area (TPSA) is 132 Å². The van der Waals surface area contributed by atoms with E-state index in [1.165, 1.54) is 59.5 Å². The van der Waals surface area contributed by atoms with Gasteiger partial charge in [-0.3, -0.25) is 9.59 Å². The molecule has 2 aromatic rings. The van der Waals surface area contributed by atoms with E-state index >= 15 is 0 Å². The Morgan fingerprint density at radius 1 is 0.974 bits per heavy atom. The van der Waals surface area contributed by atoms with Gasteiger partial charge in [0, 0.05) is 23.5 Å². The van der Waals surface area contributed by atoms with Crippen LogP contribution in [0.2, 0.25) is 0 Å². The van der Waals surface area contributed by atoms with Crippen molar-refractivity contribution in [3.05, 3.63) is 48.0 Å². The van der Waals surface area contributed by atoms with Crippen LogP contribution in [0.1, 0.15) is 50.5 Å². The maximum atomic E-state index is 12.5. The van der Waals surface area contributed by atoms with Crippen LogP contribution in [0, 0.1) is 5.92 Å². The molecule has 3 rings (SSSR count). The zero-order chi connectivity index (χ0) is 27.5. The first-order valence-electron chi connectivity index (χ1n) is 13.0. The van der Waals surface area contributed by atoms with Crippen LogP contribution in [0.3, 0.4) is 0 Å². The summed E-state index contributed by atoms with van der Waals surface area (Å²) in [5.74, 6) is 1.21. The van der Waals surface area contributed by atoms with Crippen LogP contribution in [-0.4, -0.2) is 50.4 Å². The number of rotatable bonds is 12. The van der Waals surface area contributed by atoms with Crippen LogP contribution in [0.25, 0.3) is 6.08 Å². The molecular formula is C29H39N3O6. The van der Waals surface area contributed by atoms with Crippen LogP contribution in [0.15, 0.2) is 42.5 Å². The quantitative estimate of drug-likeness (QED) is 0.303. The highest BCUT2D eigenvalue weighted by atomic mass is 16.5. The zero-order valence-corrected chi connectivity index (χ0v) is 22.4. The minimum absolute atomic E-state index is 0.338. The second-order valence-corrected chi connectivity index (χ2v) is 9.54. The molecule has 0 aliphatic heterocycles. The molecule has 9 heteroatoms. The fourth-order valence-electron chi connectivity index (χ4n) is 4.66. The number of hydrogen-bond acceptors (Lipinski definition) is 7. The van der Waals surface area contributed by atoms with E-state index in [0.717, 1.165) is 6.42 Å². The van der Waals surface area contributed by atoms with Crippen LogP contribution < -0.4 is 30.6 Å². The molecule has 1 fully saturated rings. The summed E-state index contributed by atoms with van der Waals surface area (Å²) in [6, 6.07) is 9.49. The predicted molar refractivity (Wildman–Crippen MR) is 149 cm³/mol. The molecular weight excluding hydrogens is 486 g/mol. The molecule has 0 spiro atoms. The van der Waals surface area contributed by atoms with Gasteiger partial charge >= 0.3 is 0 Å². The van der Waals surface area contributed by atoms with Gasteiger partial charge in [-0.2, -0.15) is 0 Å². The Balaban J connectivity index is 1.50. The van der Waals surface area contributed by atoms with Gasteiger partial charge in [0.25, 0.3) is 5.91 Å². The average molecular weight is 526 g/mol. The van der Waals surface area contributed by atoms with Crippen LogP contribution >= 0.6 is 0 Å². The normalized spacial score (nSPS) is 15.5. The van der Waals surface area contributed by atoms with Crippen molar-refractivity contribution < 1.29 is 28.9 Å². The number of nitrogens with two attached hydrogens (primary N) is 1. The van der Waals surface area contributed by atoms with E-state index in [9.17, 15) is 14.7 Å². The van der Waals surface area contributed by atoms with Crippen LogP contribution in [0.4, 0.5) is 11.4 Å². The lowest BCUT2D eigenvalue weighted by molar-refractivity contribution is -0.125. The van der Waals surface area contributed by atoms with Gasteiger partial charge in [0.15, 0.2) is 11.5 Å². The Labute approximate surface area is 224 Å². The Morgan fingerprint density at radius 2 is 1.55 bits per heavy atom. The van der Waals surface area contributed by atoms with Gasteiger partial charge in [0.05, 0.1) is 21.3 Å². The molecule has 5 N–H and O–H groups in total. The molecule has 0 heterocycles. The molecule has 38 heavy (non-hydrogen) atoms. The lowest BCUT2D eigenvalue weighted by Gasteiger charge is -2.24. The van der Waals surface area contributed by atoms with Crippen molar-refractivity contribution in [2.24, 2.45) is 11.7 Å². The molecule has 0 saturated heterocycles. The van der Waals surface area contributed by atoms with E-state index in [-0.39, 0.29) is 5.91 Å². The number of carbonyl (C=O) groups excluding carboxylic acids is 2. The molecule has 2 aromatic carbocycles. The molecule has 0 radical (unpaired) electrons. The summed E-state index contributed by atoms with van der Waals surface area (Å²) in [7, 11) is 4.57. The van der Waals surface area contributed by atoms with Gasteiger partial charge in [-0.1, -0.05) is 32.1 Å². The Kier molecular flexibility index (Phi) is 11.0. The summed E-state index contributed by atoms with van der Waals surface area (Å²) in [5, 5.41) is 15.8. The highest BCUT2D eigenvalue weighted by Gasteiger charge is 2.24. The van der Waals surface area contributed by atoms with Crippen molar-refractivity contribution in [2.75, 3.05) is 32.0 Å². The van der Waals surface area contributed by atoms with E-state index in [4.69, 9.17) is 19.9 Å². The van der Waals surface area contributed by atoms with Crippen molar-refractivity contribution in [3.63, 3.8) is 0 Å². The molecule has 0 bridgehead atoms. The third kappa shape index (κ3) is 8.22. The molecule has 2 amide bonds. The number of amides is 2. The first kappa shape index (κ1) is 29.0. The number of aliphatic hydroxyl groups is 1. The SMILES string of the molecule is COc1cc(/C=C/C(=O)Nc2ccc(NC(=O)[C@@H](O)[C@H](N)CCC3CCCCC3)cc2)cc(OC)c1OC. The molecule has 1 aliphatic carbocycles. The van der Waals surface area contributed by atoms with Crippen LogP contribution in [-0.2, 0) is 9.59 Å². The van der Waals surface area contributed by atoms with E-state index in [1.54, 1.807) is 42.5 Å². The van der Waals surface area contributed by atoms with Gasteiger partial charge in [0.1, 0.15) is 6.10 Å². The summed E-state index contributed by atoms with van der Waals surface area (Å²) >= 11 is 0. The lowest BCUT2D eigenvalue weighted by atomic mass is 9.85. The summed E-state index contributed by atoms with van der Waals surface area (Å²) in [5.41, 5.74) is 7.85. The highest BCUT2D eigenvalue weighted by molar-refractivity contribution is 6.02. The largest absolute Gasteiger partial charge is 0.493 e. The Bertz CT molecular complexity index is 1070. The number of ether oxygens (including phenoxy) is 3. The minimum atomic E-state index is -1.28. The first-order valence-corrected chi connectivity index (χ1v) is 13.0. The smallest absolute Gasteiger partial charge is 0.254 e. The van der Waals surface area contributed by atoms with Crippen molar-refractivity contribution in [1.29, 1.82) is 0 Å². The number of anilines is 2. The third-order valence-corrected chi connectivity index (χ3v) is 6.84. The fraction of sp³-hybridized carbons (Fsp3) is 0.448. The maximum Gasteiger partial charge on any atom is 0.254 e. The molecule has 1 aliphatic rings. The first-order chi connectivity index (χ1) is 18.3. The van der Waals surface area contributed by atoms with E-state index in [1.807, 2.05) is 0 Å². The van der Waals surface area contributed by atoms with E-state index < -0.39 is 18.1 Å². The van der Waals surface area contributed by atoms with Crippen molar-refractivity contribution in [2.45, 2.75) is 57.1 Å². The number of benzene rings is 2. The maximum absolute atomic E-state index is 12.5. The minimum Gasteiger partial charge on any atom is -0.493 e. The van der Waals surface area contributed by atoms with Gasteiger partial charge < -0.3 is 35.7 Å². The van der Waals surface area contributed by atoms with Crippen molar-refractivity contribution in [3.8, 4) is 17.2 Å². The number of methoxy groups -OCH3 is 3.